The molecule has 2 rings (SSSR count). The Bertz CT molecular complexity index is 445. The van der Waals surface area contributed by atoms with E-state index in [1.165, 1.54) is 4.68 Å². The molecule has 1 saturated heterocycles. The van der Waals surface area contributed by atoms with Crippen LogP contribution >= 0.6 is 11.6 Å². The Kier molecular flexibility index (Phi) is 3.16. The molecule has 88 valence electrons. The predicted octanol–water partition coefficient (Wildman–Crippen LogP) is 0.454. The molecule has 0 radical (unpaired) electrons. The molecule has 1 fully saturated rings. The second-order valence-corrected chi connectivity index (χ2v) is 4.34. The highest BCUT2D eigenvalue weighted by Crippen LogP contribution is 2.24. The number of nitrogens with zero attached hydrogens (tertiary/aromatic N) is 3. The van der Waals surface area contributed by atoms with Crippen molar-refractivity contribution in [2.45, 2.75) is 25.9 Å². The van der Waals surface area contributed by atoms with Gasteiger partial charge in [0.05, 0.1) is 11.9 Å². The molecule has 1 atom stereocenters. The third-order valence-electron chi connectivity index (χ3n) is 2.83. The summed E-state index contributed by atoms with van der Waals surface area (Å²) >= 11 is 6.05. The first-order valence-corrected chi connectivity index (χ1v) is 5.77. The molecule has 0 aliphatic carbocycles. The minimum atomic E-state index is -0.234. The maximum Gasteiger partial charge on any atom is 0.287 e. The van der Waals surface area contributed by atoms with Crippen LogP contribution in [0.4, 0.5) is 5.69 Å². The van der Waals surface area contributed by atoms with Gasteiger partial charge in [-0.3, -0.25) is 4.79 Å². The quantitative estimate of drug-likeness (QED) is 0.818. The monoisotopic (exact) mass is 242 g/mol. The molecule has 0 spiro atoms. The Hall–Kier alpha value is -1.07. The van der Waals surface area contributed by atoms with E-state index in [9.17, 15) is 4.79 Å². The number of anilines is 1. The van der Waals surface area contributed by atoms with E-state index in [0.717, 1.165) is 19.5 Å². The van der Waals surface area contributed by atoms with Crippen LogP contribution < -0.4 is 16.2 Å². The fraction of sp³-hybridized carbons (Fsp3) is 0.600. The van der Waals surface area contributed by atoms with Crippen molar-refractivity contribution in [3.63, 3.8) is 0 Å². The molecule has 0 amide bonds. The lowest BCUT2D eigenvalue weighted by Gasteiger charge is -2.19. The van der Waals surface area contributed by atoms with Crippen molar-refractivity contribution < 1.29 is 0 Å². The Morgan fingerprint density at radius 1 is 1.69 bits per heavy atom. The summed E-state index contributed by atoms with van der Waals surface area (Å²) in [5, 5.41) is 4.31. The number of aryl methyl sites for hydroxylation is 1. The van der Waals surface area contributed by atoms with Gasteiger partial charge in [0.15, 0.2) is 0 Å². The van der Waals surface area contributed by atoms with Crippen molar-refractivity contribution in [3.05, 3.63) is 21.6 Å². The summed E-state index contributed by atoms with van der Waals surface area (Å²) in [6, 6.07) is 0.157. The van der Waals surface area contributed by atoms with Crippen molar-refractivity contribution in [1.82, 2.24) is 9.78 Å². The second kappa shape index (κ2) is 4.43. The largest absolute Gasteiger partial charge is 0.367 e. The molecule has 0 bridgehead atoms. The SMILES string of the molecule is CCn1ncc(N2CCC(N)C2)c(Cl)c1=O. The van der Waals surface area contributed by atoms with Crippen LogP contribution in [0.15, 0.2) is 11.0 Å². The van der Waals surface area contributed by atoms with Gasteiger partial charge in [-0.05, 0) is 13.3 Å². The molecule has 1 aromatic heterocycles. The molecule has 1 unspecified atom stereocenters. The van der Waals surface area contributed by atoms with E-state index >= 15 is 0 Å². The minimum Gasteiger partial charge on any atom is -0.367 e. The molecule has 1 aliphatic rings. The van der Waals surface area contributed by atoms with Gasteiger partial charge in [0.25, 0.3) is 5.56 Å². The van der Waals surface area contributed by atoms with Crippen LogP contribution in [0, 0.1) is 0 Å². The lowest BCUT2D eigenvalue weighted by Crippen LogP contribution is -2.30. The van der Waals surface area contributed by atoms with Gasteiger partial charge in [0.2, 0.25) is 0 Å². The molecule has 16 heavy (non-hydrogen) atoms. The minimum absolute atomic E-state index is 0.157. The van der Waals surface area contributed by atoms with Crippen molar-refractivity contribution in [3.8, 4) is 0 Å². The Morgan fingerprint density at radius 2 is 2.44 bits per heavy atom. The molecule has 6 heteroatoms. The Balaban J connectivity index is 2.36. The highest BCUT2D eigenvalue weighted by molar-refractivity contribution is 6.33. The zero-order valence-electron chi connectivity index (χ0n) is 9.19. The Labute approximate surface area is 98.8 Å². The van der Waals surface area contributed by atoms with Crippen LogP contribution in [0.2, 0.25) is 5.02 Å². The third-order valence-corrected chi connectivity index (χ3v) is 3.19. The van der Waals surface area contributed by atoms with Gasteiger partial charge in [-0.25, -0.2) is 4.68 Å². The summed E-state index contributed by atoms with van der Waals surface area (Å²) < 4.78 is 1.35. The van der Waals surface area contributed by atoms with Crippen molar-refractivity contribution >= 4 is 17.3 Å². The highest BCUT2D eigenvalue weighted by atomic mass is 35.5. The van der Waals surface area contributed by atoms with E-state index in [1.807, 2.05) is 11.8 Å². The molecule has 2 heterocycles. The number of nitrogens with two attached hydrogens (primary N) is 1. The summed E-state index contributed by atoms with van der Waals surface area (Å²) in [4.78, 5) is 13.8. The van der Waals surface area contributed by atoms with E-state index in [-0.39, 0.29) is 16.6 Å². The van der Waals surface area contributed by atoms with Crippen LogP contribution in [0.25, 0.3) is 0 Å². The highest BCUT2D eigenvalue weighted by Gasteiger charge is 2.22. The van der Waals surface area contributed by atoms with Gasteiger partial charge >= 0.3 is 0 Å². The standard InChI is InChI=1S/C10H15ClN4O/c1-2-15-10(16)9(11)8(5-13-15)14-4-3-7(12)6-14/h5,7H,2-4,6,12H2,1H3. The van der Waals surface area contributed by atoms with Gasteiger partial charge in [-0.15, -0.1) is 0 Å². The molecular weight excluding hydrogens is 228 g/mol. The third kappa shape index (κ3) is 1.92. The first-order chi connectivity index (χ1) is 7.63. The first kappa shape index (κ1) is 11.4. The van der Waals surface area contributed by atoms with Gasteiger partial charge in [0.1, 0.15) is 5.02 Å². The summed E-state index contributed by atoms with van der Waals surface area (Å²) in [5.74, 6) is 0. The fourth-order valence-electron chi connectivity index (χ4n) is 1.91. The topological polar surface area (TPSA) is 64.2 Å². The van der Waals surface area contributed by atoms with E-state index in [2.05, 4.69) is 5.10 Å². The van der Waals surface area contributed by atoms with E-state index in [0.29, 0.717) is 12.2 Å². The summed E-state index contributed by atoms with van der Waals surface area (Å²) in [7, 11) is 0. The summed E-state index contributed by atoms with van der Waals surface area (Å²) in [5.41, 5.74) is 6.28. The second-order valence-electron chi connectivity index (χ2n) is 3.96. The van der Waals surface area contributed by atoms with Crippen LogP contribution in [-0.4, -0.2) is 28.9 Å². The van der Waals surface area contributed by atoms with Crippen LogP contribution in [0.1, 0.15) is 13.3 Å². The molecule has 1 aliphatic heterocycles. The van der Waals surface area contributed by atoms with Gasteiger partial charge in [-0.2, -0.15) is 5.10 Å². The fourth-order valence-corrected chi connectivity index (χ4v) is 2.17. The van der Waals surface area contributed by atoms with Crippen molar-refractivity contribution in [2.75, 3.05) is 18.0 Å². The molecule has 2 N–H and O–H groups in total. The van der Waals surface area contributed by atoms with E-state index < -0.39 is 0 Å². The zero-order valence-corrected chi connectivity index (χ0v) is 9.94. The lowest BCUT2D eigenvalue weighted by atomic mass is 10.3. The maximum absolute atomic E-state index is 11.8. The Morgan fingerprint density at radius 3 is 3.00 bits per heavy atom. The van der Waals surface area contributed by atoms with Crippen LogP contribution in [-0.2, 0) is 6.54 Å². The molecule has 1 aromatic rings. The summed E-state index contributed by atoms with van der Waals surface area (Å²) in [6.07, 6.45) is 2.57. The molecule has 5 nitrogen and oxygen atoms in total. The number of rotatable bonds is 2. The number of halogens is 1. The van der Waals surface area contributed by atoms with Crippen LogP contribution in [0.3, 0.4) is 0 Å². The average Bonchev–Trinajstić information content (AvgIpc) is 2.69. The van der Waals surface area contributed by atoms with Crippen molar-refractivity contribution in [2.24, 2.45) is 5.73 Å². The van der Waals surface area contributed by atoms with Gasteiger partial charge < -0.3 is 10.6 Å². The number of aromatic nitrogens is 2. The van der Waals surface area contributed by atoms with Gasteiger partial charge in [0, 0.05) is 25.7 Å². The normalized spacial score (nSPS) is 20.4. The maximum atomic E-state index is 11.8. The van der Waals surface area contributed by atoms with Crippen LogP contribution in [0.5, 0.6) is 0 Å². The number of hydrogen-bond donors (Lipinski definition) is 1. The lowest BCUT2D eigenvalue weighted by molar-refractivity contribution is 0.614. The molecule has 0 aromatic carbocycles. The van der Waals surface area contributed by atoms with E-state index in [4.69, 9.17) is 17.3 Å². The van der Waals surface area contributed by atoms with Gasteiger partial charge in [-0.1, -0.05) is 11.6 Å². The predicted molar refractivity (Wildman–Crippen MR) is 64.0 cm³/mol. The molecule has 0 saturated carbocycles. The van der Waals surface area contributed by atoms with E-state index in [1.54, 1.807) is 6.20 Å². The average molecular weight is 243 g/mol. The summed E-state index contributed by atoms with van der Waals surface area (Å²) in [6.45, 7) is 3.95. The first-order valence-electron chi connectivity index (χ1n) is 5.39. The number of hydrogen-bond acceptors (Lipinski definition) is 4. The van der Waals surface area contributed by atoms with Crippen molar-refractivity contribution in [1.29, 1.82) is 0 Å². The molecular formula is C10H15ClN4O. The smallest absolute Gasteiger partial charge is 0.287 e. The zero-order chi connectivity index (χ0) is 11.7.